The predicted octanol–water partition coefficient (Wildman–Crippen LogP) is 2.05. The number of nitrogens with zero attached hydrogens (tertiary/aromatic N) is 7. The first kappa shape index (κ1) is 18.6. The smallest absolute Gasteiger partial charge is 0.275 e. The van der Waals surface area contributed by atoms with E-state index in [1.165, 1.54) is 33.7 Å². The van der Waals surface area contributed by atoms with Crippen molar-refractivity contribution < 1.29 is 4.74 Å². The maximum absolute atomic E-state index is 12.3. The van der Waals surface area contributed by atoms with Gasteiger partial charge >= 0.3 is 0 Å². The van der Waals surface area contributed by atoms with Gasteiger partial charge in [0.1, 0.15) is 10.8 Å². The molecule has 144 valence electrons. The lowest BCUT2D eigenvalue weighted by Crippen LogP contribution is -2.15. The number of tetrazole rings is 1. The molecule has 28 heavy (non-hydrogen) atoms. The van der Waals surface area contributed by atoms with E-state index in [1.807, 2.05) is 31.2 Å². The van der Waals surface area contributed by atoms with Crippen LogP contribution in [0.5, 0.6) is 5.75 Å². The highest BCUT2D eigenvalue weighted by atomic mass is 32.2. The van der Waals surface area contributed by atoms with Gasteiger partial charge in [-0.25, -0.2) is 9.67 Å². The number of aryl methyl sites for hydroxylation is 1. The van der Waals surface area contributed by atoms with Crippen LogP contribution in [0.15, 0.2) is 40.3 Å². The van der Waals surface area contributed by atoms with Crippen molar-refractivity contribution in [2.45, 2.75) is 30.8 Å². The minimum Gasteiger partial charge on any atom is -0.497 e. The summed E-state index contributed by atoms with van der Waals surface area (Å²) in [4.78, 5) is 17.4. The molecule has 0 aliphatic carbocycles. The number of thioether (sulfide) groups is 1. The van der Waals surface area contributed by atoms with Crippen LogP contribution >= 0.6 is 23.1 Å². The van der Waals surface area contributed by atoms with Gasteiger partial charge in [0.2, 0.25) is 10.1 Å². The van der Waals surface area contributed by atoms with Crippen molar-refractivity contribution in [2.24, 2.45) is 0 Å². The lowest BCUT2D eigenvalue weighted by Gasteiger charge is -2.05. The van der Waals surface area contributed by atoms with Gasteiger partial charge in [0, 0.05) is 11.8 Å². The summed E-state index contributed by atoms with van der Waals surface area (Å²) in [5.41, 5.74) is 1.57. The Kier molecular flexibility index (Phi) is 5.35. The molecule has 0 saturated heterocycles. The van der Waals surface area contributed by atoms with Crippen LogP contribution in [-0.4, -0.2) is 41.9 Å². The van der Waals surface area contributed by atoms with E-state index in [9.17, 15) is 4.79 Å². The van der Waals surface area contributed by atoms with E-state index in [-0.39, 0.29) is 5.56 Å². The number of hydrogen-bond acceptors (Lipinski definition) is 9. The Balaban J connectivity index is 1.49. The summed E-state index contributed by atoms with van der Waals surface area (Å²) >= 11 is 2.87. The molecule has 0 aliphatic rings. The van der Waals surface area contributed by atoms with E-state index in [1.54, 1.807) is 11.8 Å². The molecule has 1 aromatic carbocycles. The predicted molar refractivity (Wildman–Crippen MR) is 106 cm³/mol. The highest BCUT2D eigenvalue weighted by Gasteiger charge is 2.12. The fraction of sp³-hybridized carbons (Fsp3) is 0.294. The number of rotatable bonds is 7. The quantitative estimate of drug-likeness (QED) is 0.423. The molecule has 0 amide bonds. The molecule has 0 saturated carbocycles. The number of methoxy groups -OCH3 is 1. The molecule has 11 heteroatoms. The van der Waals surface area contributed by atoms with E-state index < -0.39 is 0 Å². The summed E-state index contributed by atoms with van der Waals surface area (Å²) in [5, 5.41) is 17.7. The third-order valence-electron chi connectivity index (χ3n) is 3.98. The van der Waals surface area contributed by atoms with Gasteiger partial charge < -0.3 is 4.74 Å². The first-order valence-electron chi connectivity index (χ1n) is 8.57. The first-order valence-corrected chi connectivity index (χ1v) is 10.4. The van der Waals surface area contributed by atoms with Gasteiger partial charge in [-0.2, -0.15) is 9.61 Å². The van der Waals surface area contributed by atoms with Gasteiger partial charge in [0.15, 0.2) is 0 Å². The third-order valence-corrected chi connectivity index (χ3v) is 6.03. The van der Waals surface area contributed by atoms with Crippen molar-refractivity contribution in [1.29, 1.82) is 0 Å². The van der Waals surface area contributed by atoms with Crippen LogP contribution in [0.25, 0.3) is 4.96 Å². The number of benzene rings is 1. The molecule has 0 bridgehead atoms. The standard InChI is InChI=1S/C17H17N7O2S2/c1-3-14-20-24-15(25)8-12(18-16(24)28-14)10-27-17-19-21-22-23(17)9-11-4-6-13(26-2)7-5-11/h4-8H,3,9-10H2,1-2H3. The summed E-state index contributed by atoms with van der Waals surface area (Å²) < 4.78 is 8.25. The number of aromatic nitrogens is 7. The third kappa shape index (κ3) is 3.90. The average molecular weight is 416 g/mol. The first-order chi connectivity index (χ1) is 13.7. The van der Waals surface area contributed by atoms with Gasteiger partial charge in [0.05, 0.1) is 19.3 Å². The van der Waals surface area contributed by atoms with Gasteiger partial charge in [-0.3, -0.25) is 4.79 Å². The Hall–Kier alpha value is -2.79. The molecule has 0 fully saturated rings. The second-order valence-electron chi connectivity index (χ2n) is 5.89. The Bertz CT molecular complexity index is 1150. The molecule has 0 unspecified atom stereocenters. The molecule has 0 N–H and O–H groups in total. The van der Waals surface area contributed by atoms with Gasteiger partial charge in [0.25, 0.3) is 5.56 Å². The second kappa shape index (κ2) is 8.07. The van der Waals surface area contributed by atoms with Crippen LogP contribution in [0.2, 0.25) is 0 Å². The fourth-order valence-corrected chi connectivity index (χ4v) is 4.18. The van der Waals surface area contributed by atoms with Gasteiger partial charge in [-0.05, 0) is 34.5 Å². The minimum atomic E-state index is -0.172. The van der Waals surface area contributed by atoms with E-state index in [4.69, 9.17) is 4.74 Å². The molecule has 0 aliphatic heterocycles. The van der Waals surface area contributed by atoms with Crippen molar-refractivity contribution in [2.75, 3.05) is 7.11 Å². The van der Waals surface area contributed by atoms with E-state index >= 15 is 0 Å². The number of hydrogen-bond donors (Lipinski definition) is 0. The maximum atomic E-state index is 12.3. The SMILES string of the molecule is CCc1nn2c(=O)cc(CSc3nnnn3Cc3ccc(OC)cc3)nc2s1. The van der Waals surface area contributed by atoms with E-state index in [0.717, 1.165) is 22.7 Å². The summed E-state index contributed by atoms with van der Waals surface area (Å²) in [5.74, 6) is 1.30. The maximum Gasteiger partial charge on any atom is 0.275 e. The summed E-state index contributed by atoms with van der Waals surface area (Å²) in [6.07, 6.45) is 0.775. The number of ether oxygens (including phenoxy) is 1. The van der Waals surface area contributed by atoms with Crippen LogP contribution in [0.1, 0.15) is 23.2 Å². The van der Waals surface area contributed by atoms with Crippen molar-refractivity contribution in [3.05, 3.63) is 57.0 Å². The van der Waals surface area contributed by atoms with Gasteiger partial charge in [-0.15, -0.1) is 5.10 Å². The Morgan fingerprint density at radius 3 is 2.82 bits per heavy atom. The zero-order valence-electron chi connectivity index (χ0n) is 15.3. The summed E-state index contributed by atoms with van der Waals surface area (Å²) in [6, 6.07) is 9.26. The Labute approximate surface area is 168 Å². The lowest BCUT2D eigenvalue weighted by atomic mass is 10.2. The highest BCUT2D eigenvalue weighted by molar-refractivity contribution is 7.98. The Morgan fingerprint density at radius 2 is 2.07 bits per heavy atom. The molecule has 0 atom stereocenters. The molecule has 3 heterocycles. The molecule has 3 aromatic heterocycles. The fourth-order valence-electron chi connectivity index (χ4n) is 2.55. The second-order valence-corrected chi connectivity index (χ2v) is 7.87. The van der Waals surface area contributed by atoms with E-state index in [2.05, 4.69) is 25.6 Å². The summed E-state index contributed by atoms with van der Waals surface area (Å²) in [6.45, 7) is 2.55. The zero-order valence-corrected chi connectivity index (χ0v) is 16.9. The lowest BCUT2D eigenvalue weighted by molar-refractivity contribution is 0.414. The molecule has 4 rings (SSSR count). The minimum absolute atomic E-state index is 0.172. The zero-order chi connectivity index (χ0) is 19.5. The van der Waals surface area contributed by atoms with Gasteiger partial charge in [-0.1, -0.05) is 42.2 Å². The topological polar surface area (TPSA) is 100 Å². The largest absolute Gasteiger partial charge is 0.497 e. The van der Waals surface area contributed by atoms with Crippen molar-refractivity contribution >= 4 is 28.1 Å². The van der Waals surface area contributed by atoms with Crippen LogP contribution in [0.3, 0.4) is 0 Å². The molecule has 4 aromatic rings. The average Bonchev–Trinajstić information content (AvgIpc) is 3.33. The van der Waals surface area contributed by atoms with Crippen molar-refractivity contribution in [3.8, 4) is 5.75 Å². The molecular weight excluding hydrogens is 398 g/mol. The van der Waals surface area contributed by atoms with Crippen LogP contribution < -0.4 is 10.3 Å². The van der Waals surface area contributed by atoms with Crippen LogP contribution in [0.4, 0.5) is 0 Å². The van der Waals surface area contributed by atoms with Crippen molar-refractivity contribution in [1.82, 2.24) is 34.8 Å². The Morgan fingerprint density at radius 1 is 1.25 bits per heavy atom. The van der Waals surface area contributed by atoms with Crippen molar-refractivity contribution in [3.63, 3.8) is 0 Å². The highest BCUT2D eigenvalue weighted by Crippen LogP contribution is 2.21. The normalized spacial score (nSPS) is 11.2. The molecule has 0 radical (unpaired) electrons. The monoisotopic (exact) mass is 415 g/mol. The molecular formula is C17H17N7O2S2. The molecule has 9 nitrogen and oxygen atoms in total. The molecule has 0 spiro atoms. The van der Waals surface area contributed by atoms with E-state index in [0.29, 0.717) is 28.1 Å². The summed E-state index contributed by atoms with van der Waals surface area (Å²) in [7, 11) is 1.64. The van der Waals surface area contributed by atoms with Crippen LogP contribution in [-0.2, 0) is 18.7 Å². The van der Waals surface area contributed by atoms with Crippen LogP contribution in [0, 0.1) is 0 Å². The number of fused-ring (bicyclic) bond motifs is 1.